The second-order valence-electron chi connectivity index (χ2n) is 7.03. The molecule has 0 heterocycles. The first-order chi connectivity index (χ1) is 15.8. The highest BCUT2D eigenvalue weighted by atomic mass is 32.2. The van der Waals surface area contributed by atoms with Gasteiger partial charge in [0.05, 0.1) is 22.4 Å². The molecule has 0 spiro atoms. The first kappa shape index (κ1) is 23.7. The zero-order chi connectivity index (χ0) is 23.8. The Kier molecular flexibility index (Phi) is 7.57. The Bertz CT molecular complexity index is 1260. The topological polar surface area (TPSA) is 116 Å². The third-order valence-corrected chi connectivity index (χ3v) is 6.62. The number of carbonyl (C=O) groups excluding carboxylic acids is 1. The van der Waals surface area contributed by atoms with E-state index < -0.39 is 28.4 Å². The van der Waals surface area contributed by atoms with Gasteiger partial charge in [-0.3, -0.25) is 9.10 Å². The van der Waals surface area contributed by atoms with E-state index in [-0.39, 0.29) is 10.5 Å². The van der Waals surface area contributed by atoms with Crippen molar-refractivity contribution in [1.29, 1.82) is 0 Å². The van der Waals surface area contributed by atoms with Crippen molar-refractivity contribution in [3.63, 3.8) is 0 Å². The summed E-state index contributed by atoms with van der Waals surface area (Å²) in [7, 11) is -4.02. The van der Waals surface area contributed by atoms with Crippen LogP contribution in [-0.2, 0) is 21.2 Å². The third-order valence-electron chi connectivity index (χ3n) is 4.84. The Morgan fingerprint density at radius 2 is 1.61 bits per heavy atom. The number of hydrazone groups is 1. The largest absolute Gasteiger partial charge is 0.478 e. The van der Waals surface area contributed by atoms with E-state index in [4.69, 9.17) is 0 Å². The van der Waals surface area contributed by atoms with Crippen molar-refractivity contribution in [2.24, 2.45) is 5.10 Å². The molecule has 0 atom stereocenters. The van der Waals surface area contributed by atoms with E-state index >= 15 is 0 Å². The van der Waals surface area contributed by atoms with E-state index in [9.17, 15) is 23.1 Å². The van der Waals surface area contributed by atoms with Crippen LogP contribution in [0.25, 0.3) is 0 Å². The van der Waals surface area contributed by atoms with Crippen LogP contribution in [0.1, 0.15) is 28.4 Å². The highest BCUT2D eigenvalue weighted by molar-refractivity contribution is 7.92. The number of aryl methyl sites for hydroxylation is 1. The Balaban J connectivity index is 1.84. The van der Waals surface area contributed by atoms with Crippen molar-refractivity contribution in [3.8, 4) is 0 Å². The summed E-state index contributed by atoms with van der Waals surface area (Å²) in [6, 6.07) is 20.9. The molecule has 0 saturated carbocycles. The van der Waals surface area contributed by atoms with Crippen LogP contribution in [0.2, 0.25) is 0 Å². The first-order valence-corrected chi connectivity index (χ1v) is 11.6. The van der Waals surface area contributed by atoms with Gasteiger partial charge in [0.15, 0.2) is 0 Å². The number of carboxylic acid groups (broad SMARTS) is 1. The number of carboxylic acids is 1. The molecular formula is C24H23N3O5S. The van der Waals surface area contributed by atoms with Gasteiger partial charge in [-0.1, -0.05) is 55.5 Å². The fraction of sp³-hybridized carbons (Fsp3) is 0.125. The average molecular weight is 466 g/mol. The van der Waals surface area contributed by atoms with E-state index in [0.717, 1.165) is 16.3 Å². The minimum atomic E-state index is -4.02. The summed E-state index contributed by atoms with van der Waals surface area (Å²) in [6.07, 6.45) is 1.99. The summed E-state index contributed by atoms with van der Waals surface area (Å²) in [4.78, 5) is 23.9. The molecular weight excluding hydrogens is 442 g/mol. The molecule has 170 valence electrons. The molecule has 0 aliphatic carbocycles. The molecule has 3 rings (SSSR count). The summed E-state index contributed by atoms with van der Waals surface area (Å²) in [5.41, 5.74) is 3.97. The summed E-state index contributed by atoms with van der Waals surface area (Å²) in [6.45, 7) is 1.47. The first-order valence-electron chi connectivity index (χ1n) is 10.1. The van der Waals surface area contributed by atoms with Crippen molar-refractivity contribution >= 4 is 33.8 Å². The van der Waals surface area contributed by atoms with E-state index in [2.05, 4.69) is 10.5 Å². The van der Waals surface area contributed by atoms with Crippen molar-refractivity contribution in [1.82, 2.24) is 5.43 Å². The summed E-state index contributed by atoms with van der Waals surface area (Å²) in [5, 5.41) is 13.0. The van der Waals surface area contributed by atoms with Crippen molar-refractivity contribution in [3.05, 3.63) is 95.6 Å². The number of sulfonamides is 1. The predicted octanol–water partition coefficient (Wildman–Crippen LogP) is 3.29. The van der Waals surface area contributed by atoms with Crippen LogP contribution in [0.15, 0.2) is 88.9 Å². The number of hydrogen-bond acceptors (Lipinski definition) is 5. The van der Waals surface area contributed by atoms with Gasteiger partial charge < -0.3 is 5.11 Å². The lowest BCUT2D eigenvalue weighted by Crippen LogP contribution is -2.39. The van der Waals surface area contributed by atoms with Crippen molar-refractivity contribution in [2.45, 2.75) is 18.2 Å². The van der Waals surface area contributed by atoms with Gasteiger partial charge in [-0.25, -0.2) is 18.6 Å². The quantitative estimate of drug-likeness (QED) is 0.372. The Morgan fingerprint density at radius 3 is 2.24 bits per heavy atom. The van der Waals surface area contributed by atoms with Gasteiger partial charge in [0.1, 0.15) is 6.54 Å². The van der Waals surface area contributed by atoms with Crippen LogP contribution in [-0.4, -0.2) is 38.2 Å². The van der Waals surface area contributed by atoms with Crippen molar-refractivity contribution < 1.29 is 23.1 Å². The second-order valence-corrected chi connectivity index (χ2v) is 8.89. The number of hydrogen-bond donors (Lipinski definition) is 2. The smallest absolute Gasteiger partial charge is 0.336 e. The van der Waals surface area contributed by atoms with Gasteiger partial charge in [-0.2, -0.15) is 5.10 Å². The maximum absolute atomic E-state index is 13.3. The molecule has 0 aromatic heterocycles. The molecule has 0 fully saturated rings. The SMILES string of the molecule is CCc1ccc(N(CC(=O)N/N=C\c2ccccc2C(=O)O)S(=O)(=O)c2ccccc2)cc1. The molecule has 3 aromatic rings. The molecule has 0 bridgehead atoms. The number of amides is 1. The molecule has 0 aliphatic heterocycles. The lowest BCUT2D eigenvalue weighted by Gasteiger charge is -2.24. The lowest BCUT2D eigenvalue weighted by molar-refractivity contribution is -0.119. The molecule has 8 nitrogen and oxygen atoms in total. The summed E-state index contributed by atoms with van der Waals surface area (Å²) in [5.74, 6) is -1.81. The Labute approximate surface area is 192 Å². The molecule has 1 amide bonds. The normalized spacial score (nSPS) is 11.3. The van der Waals surface area contributed by atoms with Crippen LogP contribution < -0.4 is 9.73 Å². The van der Waals surface area contributed by atoms with Crippen LogP contribution in [0, 0.1) is 0 Å². The molecule has 0 radical (unpaired) electrons. The van der Waals surface area contributed by atoms with Gasteiger partial charge in [-0.15, -0.1) is 0 Å². The van der Waals surface area contributed by atoms with Gasteiger partial charge >= 0.3 is 5.97 Å². The Morgan fingerprint density at radius 1 is 0.970 bits per heavy atom. The molecule has 0 saturated heterocycles. The van der Waals surface area contributed by atoms with Crippen molar-refractivity contribution in [2.75, 3.05) is 10.8 Å². The number of carbonyl (C=O) groups is 2. The highest BCUT2D eigenvalue weighted by Gasteiger charge is 2.27. The molecule has 0 aliphatic rings. The second kappa shape index (κ2) is 10.6. The van der Waals surface area contributed by atoms with Crippen LogP contribution in [0.3, 0.4) is 0 Å². The molecule has 0 unspecified atom stereocenters. The summed E-state index contributed by atoms with van der Waals surface area (Å²) < 4.78 is 27.6. The predicted molar refractivity (Wildman–Crippen MR) is 126 cm³/mol. The van der Waals surface area contributed by atoms with Crippen LogP contribution >= 0.6 is 0 Å². The zero-order valence-corrected chi connectivity index (χ0v) is 18.7. The Hall–Kier alpha value is -3.98. The minimum absolute atomic E-state index is 0.0276. The standard InChI is InChI=1S/C24H23N3O5S/c1-2-18-12-14-20(15-13-18)27(33(31,32)21-9-4-3-5-10-21)17-23(28)26-25-16-19-8-6-7-11-22(19)24(29)30/h3-16H,2,17H2,1H3,(H,26,28)(H,29,30)/b25-16-. The number of benzene rings is 3. The van der Waals surface area contributed by atoms with Gasteiger partial charge in [-0.05, 0) is 42.3 Å². The minimum Gasteiger partial charge on any atom is -0.478 e. The van der Waals surface area contributed by atoms with E-state index in [1.807, 2.05) is 19.1 Å². The maximum Gasteiger partial charge on any atom is 0.336 e. The van der Waals surface area contributed by atoms with E-state index in [1.165, 1.54) is 24.4 Å². The van der Waals surface area contributed by atoms with Crippen LogP contribution in [0.5, 0.6) is 0 Å². The monoisotopic (exact) mass is 465 g/mol. The van der Waals surface area contributed by atoms with Gasteiger partial charge in [0, 0.05) is 5.56 Å². The number of anilines is 1. The van der Waals surface area contributed by atoms with Gasteiger partial charge in [0.25, 0.3) is 15.9 Å². The van der Waals surface area contributed by atoms with Gasteiger partial charge in [0.2, 0.25) is 0 Å². The van der Waals surface area contributed by atoms with E-state index in [1.54, 1.807) is 48.5 Å². The van der Waals surface area contributed by atoms with Crippen LogP contribution in [0.4, 0.5) is 5.69 Å². The fourth-order valence-corrected chi connectivity index (χ4v) is 4.52. The lowest BCUT2D eigenvalue weighted by atomic mass is 10.1. The zero-order valence-electron chi connectivity index (χ0n) is 17.9. The molecule has 9 heteroatoms. The molecule has 33 heavy (non-hydrogen) atoms. The third kappa shape index (κ3) is 5.83. The number of rotatable bonds is 9. The maximum atomic E-state index is 13.3. The number of nitrogens with zero attached hydrogens (tertiary/aromatic N) is 2. The molecule has 3 aromatic carbocycles. The highest BCUT2D eigenvalue weighted by Crippen LogP contribution is 2.24. The fourth-order valence-electron chi connectivity index (χ4n) is 3.08. The van der Waals surface area contributed by atoms with E-state index in [0.29, 0.717) is 11.3 Å². The molecule has 2 N–H and O–H groups in total. The number of nitrogens with one attached hydrogen (secondary N) is 1. The summed E-state index contributed by atoms with van der Waals surface area (Å²) >= 11 is 0. The number of aromatic carboxylic acids is 1. The average Bonchev–Trinajstić information content (AvgIpc) is 2.83.